The lowest BCUT2D eigenvalue weighted by Gasteiger charge is -2.14. The first-order valence-corrected chi connectivity index (χ1v) is 8.27. The Balaban J connectivity index is 2.15. The van der Waals surface area contributed by atoms with Crippen LogP contribution in [0.2, 0.25) is 0 Å². The second kappa shape index (κ2) is 7.90. The highest BCUT2D eigenvalue weighted by molar-refractivity contribution is 5.82. The molecule has 0 spiro atoms. The molecule has 0 bridgehead atoms. The van der Waals surface area contributed by atoms with Gasteiger partial charge in [-0.15, -0.1) is 0 Å². The van der Waals surface area contributed by atoms with Crippen LogP contribution in [0.5, 0.6) is 17.4 Å². The van der Waals surface area contributed by atoms with Crippen molar-refractivity contribution in [3.8, 4) is 40.6 Å². The molecule has 27 heavy (non-hydrogen) atoms. The molecule has 0 saturated heterocycles. The molecule has 0 aliphatic carbocycles. The van der Waals surface area contributed by atoms with Crippen LogP contribution in [0, 0.1) is 22.7 Å². The largest absolute Gasteiger partial charge is 0.477 e. The summed E-state index contributed by atoms with van der Waals surface area (Å²) in [5.74, 6) is 1.38. The summed E-state index contributed by atoms with van der Waals surface area (Å²) in [6.07, 6.45) is 0. The molecule has 2 aromatic carbocycles. The van der Waals surface area contributed by atoms with Crippen molar-refractivity contribution in [3.05, 3.63) is 65.7 Å². The first-order valence-electron chi connectivity index (χ1n) is 8.27. The zero-order valence-electron chi connectivity index (χ0n) is 14.6. The van der Waals surface area contributed by atoms with E-state index in [0.717, 1.165) is 0 Å². The van der Waals surface area contributed by atoms with Crippen molar-refractivity contribution in [1.82, 2.24) is 4.98 Å². The third-order valence-corrected chi connectivity index (χ3v) is 3.80. The topological polar surface area (TPSA) is 105 Å². The van der Waals surface area contributed by atoms with E-state index in [1.807, 2.05) is 36.4 Å². The highest BCUT2D eigenvalue weighted by atomic mass is 16.5. The first-order chi connectivity index (χ1) is 13.2. The number of hydrogen-bond donors (Lipinski definition) is 1. The highest BCUT2D eigenvalue weighted by Gasteiger charge is 2.21. The molecule has 0 unspecified atom stereocenters. The molecule has 132 valence electrons. The Bertz CT molecular complexity index is 1050. The van der Waals surface area contributed by atoms with Crippen LogP contribution in [0.3, 0.4) is 0 Å². The van der Waals surface area contributed by atoms with Gasteiger partial charge in [-0.1, -0.05) is 30.3 Å². The Labute approximate surface area is 157 Å². The summed E-state index contributed by atoms with van der Waals surface area (Å²) in [7, 11) is 0. The minimum atomic E-state index is 0.0179. The molecular weight excluding hydrogens is 340 g/mol. The van der Waals surface area contributed by atoms with Crippen LogP contribution in [0.25, 0.3) is 11.1 Å². The number of rotatable bonds is 5. The molecule has 0 aliphatic heterocycles. The lowest BCUT2D eigenvalue weighted by atomic mass is 9.96. The molecule has 6 nitrogen and oxygen atoms in total. The summed E-state index contributed by atoms with van der Waals surface area (Å²) in [6.45, 7) is 2.11. The van der Waals surface area contributed by atoms with Gasteiger partial charge in [-0.25, -0.2) is 0 Å². The van der Waals surface area contributed by atoms with Crippen molar-refractivity contribution < 1.29 is 9.47 Å². The average molecular weight is 356 g/mol. The standard InChI is InChI=1S/C21H16N4O2/c1-2-26-21-18(13-23)19(17(12-22)20(24)25-21)14-7-6-10-16(11-14)27-15-8-4-3-5-9-15/h3-11H,2H2,1H3,(H2,24,25). The first kappa shape index (κ1) is 17.8. The molecule has 6 heteroatoms. The van der Waals surface area contributed by atoms with Crippen molar-refractivity contribution in [2.24, 2.45) is 0 Å². The maximum absolute atomic E-state index is 9.65. The SMILES string of the molecule is CCOc1nc(N)c(C#N)c(-c2cccc(Oc3ccccc3)c2)c1C#N. The van der Waals surface area contributed by atoms with Crippen LogP contribution in [-0.2, 0) is 0 Å². The number of nitrogen functional groups attached to an aromatic ring is 1. The predicted molar refractivity (Wildman–Crippen MR) is 101 cm³/mol. The van der Waals surface area contributed by atoms with Gasteiger partial charge in [0.2, 0.25) is 5.88 Å². The summed E-state index contributed by atoms with van der Waals surface area (Å²) in [5.41, 5.74) is 7.23. The van der Waals surface area contributed by atoms with Gasteiger partial charge in [-0.05, 0) is 36.8 Å². The monoisotopic (exact) mass is 356 g/mol. The summed E-state index contributed by atoms with van der Waals surface area (Å²) in [6, 6.07) is 20.6. The molecule has 1 aromatic heterocycles. The van der Waals surface area contributed by atoms with Gasteiger partial charge in [-0.3, -0.25) is 0 Å². The van der Waals surface area contributed by atoms with Gasteiger partial charge < -0.3 is 15.2 Å². The van der Waals surface area contributed by atoms with Gasteiger partial charge in [0.15, 0.2) is 0 Å². The van der Waals surface area contributed by atoms with E-state index in [1.54, 1.807) is 31.2 Å². The molecule has 0 amide bonds. The third-order valence-electron chi connectivity index (χ3n) is 3.80. The van der Waals surface area contributed by atoms with Crippen LogP contribution < -0.4 is 15.2 Å². The quantitative estimate of drug-likeness (QED) is 0.732. The fourth-order valence-electron chi connectivity index (χ4n) is 2.67. The number of aromatic nitrogens is 1. The maximum Gasteiger partial charge on any atom is 0.234 e. The molecule has 3 aromatic rings. The summed E-state index contributed by atoms with van der Waals surface area (Å²) < 4.78 is 11.3. The van der Waals surface area contributed by atoms with E-state index in [-0.39, 0.29) is 22.8 Å². The fraction of sp³-hybridized carbons (Fsp3) is 0.0952. The molecule has 0 atom stereocenters. The van der Waals surface area contributed by atoms with Gasteiger partial charge in [-0.2, -0.15) is 15.5 Å². The van der Waals surface area contributed by atoms with Crippen molar-refractivity contribution >= 4 is 5.82 Å². The molecule has 0 saturated carbocycles. The Morgan fingerprint density at radius 1 is 0.963 bits per heavy atom. The smallest absolute Gasteiger partial charge is 0.234 e. The van der Waals surface area contributed by atoms with Gasteiger partial charge in [0.1, 0.15) is 40.6 Å². The van der Waals surface area contributed by atoms with Crippen molar-refractivity contribution in [1.29, 1.82) is 10.5 Å². The van der Waals surface area contributed by atoms with Gasteiger partial charge in [0.05, 0.1) is 6.61 Å². The molecule has 1 heterocycles. The Morgan fingerprint density at radius 3 is 2.33 bits per heavy atom. The minimum Gasteiger partial charge on any atom is -0.477 e. The van der Waals surface area contributed by atoms with Crippen LogP contribution in [-0.4, -0.2) is 11.6 Å². The Kier molecular flexibility index (Phi) is 5.20. The number of nitrogens with two attached hydrogens (primary N) is 1. The zero-order valence-corrected chi connectivity index (χ0v) is 14.6. The van der Waals surface area contributed by atoms with E-state index in [4.69, 9.17) is 15.2 Å². The number of ether oxygens (including phenoxy) is 2. The van der Waals surface area contributed by atoms with Crippen LogP contribution in [0.15, 0.2) is 54.6 Å². The maximum atomic E-state index is 9.65. The molecule has 0 aliphatic rings. The predicted octanol–water partition coefficient (Wildman–Crippen LogP) is 4.27. The summed E-state index contributed by atoms with van der Waals surface area (Å²) in [5, 5.41) is 19.2. The van der Waals surface area contributed by atoms with E-state index in [9.17, 15) is 10.5 Å². The lowest BCUT2D eigenvalue weighted by Crippen LogP contribution is -2.06. The number of hydrogen-bond acceptors (Lipinski definition) is 6. The molecule has 3 rings (SSSR count). The highest BCUT2D eigenvalue weighted by Crippen LogP contribution is 2.36. The van der Waals surface area contributed by atoms with Crippen LogP contribution >= 0.6 is 0 Å². The van der Waals surface area contributed by atoms with Gasteiger partial charge >= 0.3 is 0 Å². The number of para-hydroxylation sites is 1. The van der Waals surface area contributed by atoms with E-state index in [2.05, 4.69) is 11.1 Å². The zero-order chi connectivity index (χ0) is 19.2. The van der Waals surface area contributed by atoms with Crippen molar-refractivity contribution in [2.75, 3.05) is 12.3 Å². The van der Waals surface area contributed by atoms with Gasteiger partial charge in [0.25, 0.3) is 0 Å². The van der Waals surface area contributed by atoms with E-state index in [0.29, 0.717) is 29.2 Å². The second-order valence-corrected chi connectivity index (χ2v) is 5.53. The molecular formula is C21H16N4O2. The van der Waals surface area contributed by atoms with Crippen LogP contribution in [0.1, 0.15) is 18.1 Å². The van der Waals surface area contributed by atoms with E-state index < -0.39 is 0 Å². The van der Waals surface area contributed by atoms with Crippen molar-refractivity contribution in [2.45, 2.75) is 6.92 Å². The number of nitrogens with zero attached hydrogens (tertiary/aromatic N) is 3. The molecule has 0 fully saturated rings. The van der Waals surface area contributed by atoms with Crippen molar-refractivity contribution in [3.63, 3.8) is 0 Å². The molecule has 0 radical (unpaired) electrons. The number of pyridine rings is 1. The van der Waals surface area contributed by atoms with E-state index in [1.165, 1.54) is 0 Å². The average Bonchev–Trinajstić information content (AvgIpc) is 2.69. The second-order valence-electron chi connectivity index (χ2n) is 5.53. The Hall–Kier alpha value is -4.03. The lowest BCUT2D eigenvalue weighted by molar-refractivity contribution is 0.326. The summed E-state index contributed by atoms with van der Waals surface area (Å²) in [4.78, 5) is 4.06. The number of anilines is 1. The summed E-state index contributed by atoms with van der Waals surface area (Å²) >= 11 is 0. The third kappa shape index (κ3) is 3.65. The van der Waals surface area contributed by atoms with E-state index >= 15 is 0 Å². The molecule has 2 N–H and O–H groups in total. The van der Waals surface area contributed by atoms with Gasteiger partial charge in [0, 0.05) is 5.56 Å². The normalized spacial score (nSPS) is 9.89. The number of benzene rings is 2. The fourth-order valence-corrected chi connectivity index (χ4v) is 2.67. The number of nitriles is 2. The Morgan fingerprint density at radius 2 is 1.67 bits per heavy atom. The minimum absolute atomic E-state index is 0.0179. The van der Waals surface area contributed by atoms with Crippen LogP contribution in [0.4, 0.5) is 5.82 Å².